The van der Waals surface area contributed by atoms with Crippen molar-refractivity contribution in [3.05, 3.63) is 11.6 Å². The van der Waals surface area contributed by atoms with Crippen LogP contribution in [0.5, 0.6) is 0 Å². The molecule has 0 atom stereocenters. The summed E-state index contributed by atoms with van der Waals surface area (Å²) in [7, 11) is 0. The number of carbonyl (C=O) groups is 3. The highest BCUT2D eigenvalue weighted by atomic mass is 16.5. The third kappa shape index (κ3) is 6.25. The van der Waals surface area contributed by atoms with Crippen LogP contribution >= 0.6 is 0 Å². The van der Waals surface area contributed by atoms with Crippen molar-refractivity contribution in [1.82, 2.24) is 0 Å². The predicted molar refractivity (Wildman–Crippen MR) is 49.2 cm³/mol. The molecule has 0 aliphatic carbocycles. The summed E-state index contributed by atoms with van der Waals surface area (Å²) in [5, 5.41) is 16.8. The maximum absolute atomic E-state index is 11.1. The Kier molecular flexibility index (Phi) is 5.77. The van der Waals surface area contributed by atoms with Gasteiger partial charge in [-0.1, -0.05) is 0 Å². The van der Waals surface area contributed by atoms with E-state index in [9.17, 15) is 14.4 Å². The summed E-state index contributed by atoms with van der Waals surface area (Å²) in [6, 6.07) is 0. The molecule has 0 bridgehead atoms. The summed E-state index contributed by atoms with van der Waals surface area (Å²) in [4.78, 5) is 31.7. The lowest BCUT2D eigenvalue weighted by molar-refractivity contribution is -0.140. The van der Waals surface area contributed by atoms with Crippen LogP contribution in [0.15, 0.2) is 11.6 Å². The van der Waals surface area contributed by atoms with Crippen molar-refractivity contribution in [2.24, 2.45) is 0 Å². The lowest BCUT2D eigenvalue weighted by atomic mass is 10.1. The Bertz CT molecular complexity index is 291. The largest absolute Gasteiger partial charge is 0.481 e. The van der Waals surface area contributed by atoms with E-state index >= 15 is 0 Å². The summed E-state index contributed by atoms with van der Waals surface area (Å²) < 4.78 is 4.57. The van der Waals surface area contributed by atoms with Gasteiger partial charge in [-0.2, -0.15) is 0 Å². The van der Waals surface area contributed by atoms with Gasteiger partial charge < -0.3 is 14.9 Å². The second-order valence-electron chi connectivity index (χ2n) is 2.62. The Morgan fingerprint density at radius 1 is 1.20 bits per heavy atom. The molecule has 0 aromatic rings. The fourth-order valence-corrected chi connectivity index (χ4v) is 0.848. The summed E-state index contributed by atoms with van der Waals surface area (Å²) in [6.07, 6.45) is 0.208. The maximum Gasteiger partial charge on any atom is 0.334 e. The highest BCUT2D eigenvalue weighted by Gasteiger charge is 2.13. The third-order valence-electron chi connectivity index (χ3n) is 1.44. The molecule has 84 valence electrons. The lowest BCUT2D eigenvalue weighted by Crippen LogP contribution is -2.11. The molecule has 0 aromatic heterocycles. The van der Waals surface area contributed by atoms with Crippen LogP contribution in [0.4, 0.5) is 0 Å². The number of carboxylic acid groups (broad SMARTS) is 2. The molecule has 0 radical (unpaired) electrons. The first-order valence-corrected chi connectivity index (χ1v) is 4.29. The number of ether oxygens (including phenoxy) is 1. The molecule has 0 amide bonds. The Labute approximate surface area is 86.2 Å². The zero-order chi connectivity index (χ0) is 11.8. The number of hydrogen-bond donors (Lipinski definition) is 2. The van der Waals surface area contributed by atoms with Gasteiger partial charge in [0.05, 0.1) is 6.61 Å². The number of rotatable bonds is 6. The molecule has 6 heteroatoms. The summed E-state index contributed by atoms with van der Waals surface area (Å²) in [5.74, 6) is -3.19. The van der Waals surface area contributed by atoms with Gasteiger partial charge in [-0.15, -0.1) is 0 Å². The van der Waals surface area contributed by atoms with Crippen LogP contribution < -0.4 is 0 Å². The Morgan fingerprint density at radius 3 is 2.20 bits per heavy atom. The summed E-state index contributed by atoms with van der Waals surface area (Å²) in [6.45, 7) is 1.69. The van der Waals surface area contributed by atoms with Crippen molar-refractivity contribution in [1.29, 1.82) is 0 Å². The quantitative estimate of drug-likeness (QED) is 0.493. The van der Waals surface area contributed by atoms with E-state index in [4.69, 9.17) is 10.2 Å². The molecule has 6 nitrogen and oxygen atoms in total. The van der Waals surface area contributed by atoms with Gasteiger partial charge >= 0.3 is 17.9 Å². The molecule has 0 fully saturated rings. The molecule has 0 heterocycles. The highest BCUT2D eigenvalue weighted by molar-refractivity contribution is 5.96. The number of carbonyl (C=O) groups excluding carboxylic acids is 1. The van der Waals surface area contributed by atoms with E-state index in [1.54, 1.807) is 6.92 Å². The van der Waals surface area contributed by atoms with Crippen LogP contribution in [0.3, 0.4) is 0 Å². The Morgan fingerprint density at radius 2 is 1.80 bits per heavy atom. The Hall–Kier alpha value is -1.85. The fourth-order valence-electron chi connectivity index (χ4n) is 0.848. The van der Waals surface area contributed by atoms with Crippen LogP contribution in [0.2, 0.25) is 0 Å². The second kappa shape index (κ2) is 6.58. The zero-order valence-electron chi connectivity index (χ0n) is 8.23. The van der Waals surface area contributed by atoms with Gasteiger partial charge in [-0.05, 0) is 13.3 Å². The normalized spacial score (nSPS) is 10.9. The highest BCUT2D eigenvalue weighted by Crippen LogP contribution is 2.07. The van der Waals surface area contributed by atoms with Crippen molar-refractivity contribution in [3.8, 4) is 0 Å². The average molecular weight is 216 g/mol. The first kappa shape index (κ1) is 13.2. The molecule has 0 unspecified atom stereocenters. The minimum absolute atomic E-state index is 0.114. The maximum atomic E-state index is 11.1. The minimum Gasteiger partial charge on any atom is -0.481 e. The summed E-state index contributed by atoms with van der Waals surface area (Å²) >= 11 is 0. The van der Waals surface area contributed by atoms with Gasteiger partial charge in [0.1, 0.15) is 0 Å². The monoisotopic (exact) mass is 216 g/mol. The van der Waals surface area contributed by atoms with Gasteiger partial charge in [0.2, 0.25) is 0 Å². The molecule has 2 N–H and O–H groups in total. The van der Waals surface area contributed by atoms with Crippen molar-refractivity contribution in [2.45, 2.75) is 19.8 Å². The summed E-state index contributed by atoms with van der Waals surface area (Å²) in [5.41, 5.74) is -0.147. The number of aliphatic carboxylic acids is 2. The van der Waals surface area contributed by atoms with Crippen LogP contribution in [0.1, 0.15) is 19.8 Å². The lowest BCUT2D eigenvalue weighted by Gasteiger charge is -2.04. The zero-order valence-corrected chi connectivity index (χ0v) is 8.23. The molecule has 0 aliphatic rings. The van der Waals surface area contributed by atoms with Crippen LogP contribution in [-0.2, 0) is 19.1 Å². The second-order valence-corrected chi connectivity index (χ2v) is 2.62. The van der Waals surface area contributed by atoms with E-state index < -0.39 is 17.9 Å². The van der Waals surface area contributed by atoms with Crippen LogP contribution in [-0.4, -0.2) is 34.7 Å². The van der Waals surface area contributed by atoms with Gasteiger partial charge in [-0.25, -0.2) is 9.59 Å². The van der Waals surface area contributed by atoms with E-state index in [0.717, 1.165) is 0 Å². The topological polar surface area (TPSA) is 101 Å². The van der Waals surface area contributed by atoms with E-state index in [-0.39, 0.29) is 25.0 Å². The first-order chi connectivity index (χ1) is 6.97. The molecule has 0 aromatic carbocycles. The van der Waals surface area contributed by atoms with E-state index in [1.807, 2.05) is 0 Å². The minimum atomic E-state index is -1.30. The van der Waals surface area contributed by atoms with Gasteiger partial charge in [0.15, 0.2) is 0 Å². The van der Waals surface area contributed by atoms with Crippen LogP contribution in [0, 0.1) is 0 Å². The molecule has 0 saturated carbocycles. The van der Waals surface area contributed by atoms with E-state index in [0.29, 0.717) is 6.08 Å². The fraction of sp³-hybridized carbons (Fsp3) is 0.444. The molecule has 0 spiro atoms. The molecule has 0 rings (SSSR count). The Balaban J connectivity index is 4.51. The number of carboxylic acids is 2. The van der Waals surface area contributed by atoms with E-state index in [2.05, 4.69) is 4.74 Å². The third-order valence-corrected chi connectivity index (χ3v) is 1.44. The molecular weight excluding hydrogens is 204 g/mol. The average Bonchev–Trinajstić information content (AvgIpc) is 2.11. The smallest absolute Gasteiger partial charge is 0.334 e. The molecule has 15 heavy (non-hydrogen) atoms. The van der Waals surface area contributed by atoms with Gasteiger partial charge in [0, 0.05) is 18.1 Å². The predicted octanol–water partition coefficient (Wildman–Crippen LogP) is 0.425. The number of esters is 1. The first-order valence-electron chi connectivity index (χ1n) is 4.29. The molecule has 0 saturated heterocycles. The number of hydrogen-bond acceptors (Lipinski definition) is 4. The van der Waals surface area contributed by atoms with Gasteiger partial charge in [-0.3, -0.25) is 4.79 Å². The van der Waals surface area contributed by atoms with Crippen molar-refractivity contribution < 1.29 is 29.3 Å². The molecule has 0 aliphatic heterocycles. The SMILES string of the molecule is CCOC(=O)/C(=C/C(=O)O)CCC(=O)O. The van der Waals surface area contributed by atoms with Crippen molar-refractivity contribution >= 4 is 17.9 Å². The van der Waals surface area contributed by atoms with Crippen molar-refractivity contribution in [2.75, 3.05) is 6.61 Å². The standard InChI is InChI=1S/C9H12O6/c1-2-15-9(14)6(5-8(12)13)3-4-7(10)11/h5H,2-4H2,1H3,(H,10,11)(H,12,13)/b6-5+. The van der Waals surface area contributed by atoms with E-state index in [1.165, 1.54) is 0 Å². The van der Waals surface area contributed by atoms with Crippen LogP contribution in [0.25, 0.3) is 0 Å². The van der Waals surface area contributed by atoms with Gasteiger partial charge in [0.25, 0.3) is 0 Å². The molecular formula is C9H12O6. The van der Waals surface area contributed by atoms with Crippen molar-refractivity contribution in [3.63, 3.8) is 0 Å².